The molecule has 1 fully saturated rings. The van der Waals surface area contributed by atoms with Crippen LogP contribution in [0, 0.1) is 11.7 Å². The highest BCUT2D eigenvalue weighted by Gasteiger charge is 2.24. The van der Waals surface area contributed by atoms with E-state index in [0.29, 0.717) is 30.2 Å². The van der Waals surface area contributed by atoms with E-state index in [-0.39, 0.29) is 11.7 Å². The number of ether oxygens (including phenoxy) is 1. The maximum atomic E-state index is 13.0. The zero-order chi connectivity index (χ0) is 11.5. The first-order valence-corrected chi connectivity index (χ1v) is 5.74. The molecule has 1 saturated heterocycles. The van der Waals surface area contributed by atoms with Crippen LogP contribution in [-0.2, 0) is 11.2 Å². The molecule has 2 unspecified atom stereocenters. The van der Waals surface area contributed by atoms with Gasteiger partial charge in [0.05, 0.1) is 12.7 Å². The second-order valence-electron chi connectivity index (χ2n) is 4.13. The Labute approximate surface area is 99.0 Å². The van der Waals surface area contributed by atoms with Crippen LogP contribution in [0.5, 0.6) is 0 Å². The number of aliphatic hydroxyl groups excluding tert-OH is 1. The molecule has 0 radical (unpaired) electrons. The lowest BCUT2D eigenvalue weighted by molar-refractivity contribution is 0.0918. The summed E-state index contributed by atoms with van der Waals surface area (Å²) in [5.74, 6) is -0.186. The SMILES string of the molecule is OC(Cc1cc(F)ccc1Cl)C1CCOC1. The number of benzene rings is 1. The molecule has 1 aliphatic rings. The van der Waals surface area contributed by atoms with Crippen LogP contribution < -0.4 is 0 Å². The fourth-order valence-electron chi connectivity index (χ4n) is 1.95. The summed E-state index contributed by atoms with van der Waals surface area (Å²) < 4.78 is 18.2. The lowest BCUT2D eigenvalue weighted by Gasteiger charge is -2.17. The largest absolute Gasteiger partial charge is 0.392 e. The standard InChI is InChI=1S/C12H14ClFO2/c13-11-2-1-10(14)5-9(11)6-12(15)8-3-4-16-7-8/h1-2,5,8,12,15H,3-4,6-7H2. The first-order valence-electron chi connectivity index (χ1n) is 5.36. The second kappa shape index (κ2) is 5.13. The quantitative estimate of drug-likeness (QED) is 0.885. The predicted molar refractivity (Wildman–Crippen MR) is 60.0 cm³/mol. The molecule has 16 heavy (non-hydrogen) atoms. The molecule has 4 heteroatoms. The van der Waals surface area contributed by atoms with Crippen molar-refractivity contribution in [1.29, 1.82) is 0 Å². The van der Waals surface area contributed by atoms with Crippen molar-refractivity contribution in [3.05, 3.63) is 34.6 Å². The van der Waals surface area contributed by atoms with Gasteiger partial charge in [-0.25, -0.2) is 4.39 Å². The number of hydrogen-bond acceptors (Lipinski definition) is 2. The smallest absolute Gasteiger partial charge is 0.123 e. The second-order valence-corrected chi connectivity index (χ2v) is 4.54. The van der Waals surface area contributed by atoms with Gasteiger partial charge in [0, 0.05) is 24.0 Å². The Balaban J connectivity index is 2.04. The highest BCUT2D eigenvalue weighted by molar-refractivity contribution is 6.31. The van der Waals surface area contributed by atoms with Crippen molar-refractivity contribution in [1.82, 2.24) is 0 Å². The summed E-state index contributed by atoms with van der Waals surface area (Å²) in [5, 5.41) is 10.5. The summed E-state index contributed by atoms with van der Waals surface area (Å²) >= 11 is 5.94. The van der Waals surface area contributed by atoms with E-state index in [9.17, 15) is 9.50 Å². The van der Waals surface area contributed by atoms with E-state index in [0.717, 1.165) is 6.42 Å². The Morgan fingerprint density at radius 1 is 1.56 bits per heavy atom. The highest BCUT2D eigenvalue weighted by Crippen LogP contribution is 2.24. The van der Waals surface area contributed by atoms with E-state index in [1.807, 2.05) is 0 Å². The zero-order valence-electron chi connectivity index (χ0n) is 8.83. The van der Waals surface area contributed by atoms with Crippen LogP contribution in [0.4, 0.5) is 4.39 Å². The molecule has 0 aromatic heterocycles. The van der Waals surface area contributed by atoms with Crippen LogP contribution in [0.3, 0.4) is 0 Å². The maximum Gasteiger partial charge on any atom is 0.123 e. The predicted octanol–water partition coefficient (Wildman–Crippen LogP) is 2.42. The summed E-state index contributed by atoms with van der Waals surface area (Å²) in [5.41, 5.74) is 0.654. The molecule has 0 amide bonds. The van der Waals surface area contributed by atoms with Gasteiger partial charge in [-0.05, 0) is 30.2 Å². The molecule has 1 aromatic rings. The number of halogens is 2. The third-order valence-corrected chi connectivity index (χ3v) is 3.31. The van der Waals surface area contributed by atoms with Crippen molar-refractivity contribution >= 4 is 11.6 Å². The Bertz CT molecular complexity index is 364. The Morgan fingerprint density at radius 3 is 3.06 bits per heavy atom. The third kappa shape index (κ3) is 2.73. The molecule has 1 N–H and O–H groups in total. The molecule has 1 heterocycles. The first-order chi connectivity index (χ1) is 7.66. The molecular weight excluding hydrogens is 231 g/mol. The van der Waals surface area contributed by atoms with Crippen LogP contribution in [0.1, 0.15) is 12.0 Å². The average Bonchev–Trinajstić information content (AvgIpc) is 2.76. The lowest BCUT2D eigenvalue weighted by Crippen LogP contribution is -2.23. The minimum absolute atomic E-state index is 0.138. The fourth-order valence-corrected chi connectivity index (χ4v) is 2.14. The molecule has 2 rings (SSSR count). The summed E-state index contributed by atoms with van der Waals surface area (Å²) in [4.78, 5) is 0. The fraction of sp³-hybridized carbons (Fsp3) is 0.500. The first kappa shape index (κ1) is 11.8. The normalized spacial score (nSPS) is 22.3. The molecular formula is C12H14ClFO2. The van der Waals surface area contributed by atoms with Crippen molar-refractivity contribution in [2.75, 3.05) is 13.2 Å². The van der Waals surface area contributed by atoms with Crippen molar-refractivity contribution < 1.29 is 14.2 Å². The minimum atomic E-state index is -0.512. The van der Waals surface area contributed by atoms with Gasteiger partial charge in [-0.2, -0.15) is 0 Å². The van der Waals surface area contributed by atoms with Gasteiger partial charge in [-0.1, -0.05) is 11.6 Å². The zero-order valence-corrected chi connectivity index (χ0v) is 9.58. The molecule has 0 bridgehead atoms. The van der Waals surface area contributed by atoms with Gasteiger partial charge in [0.1, 0.15) is 5.82 Å². The van der Waals surface area contributed by atoms with Gasteiger partial charge in [-0.15, -0.1) is 0 Å². The van der Waals surface area contributed by atoms with Crippen LogP contribution in [0.25, 0.3) is 0 Å². The minimum Gasteiger partial charge on any atom is -0.392 e. The van der Waals surface area contributed by atoms with Gasteiger partial charge in [0.15, 0.2) is 0 Å². The number of hydrogen-bond donors (Lipinski definition) is 1. The van der Waals surface area contributed by atoms with E-state index >= 15 is 0 Å². The van der Waals surface area contributed by atoms with Gasteiger partial charge in [0.2, 0.25) is 0 Å². The topological polar surface area (TPSA) is 29.5 Å². The lowest BCUT2D eigenvalue weighted by atomic mass is 9.95. The van der Waals surface area contributed by atoms with Crippen molar-refractivity contribution in [2.45, 2.75) is 18.9 Å². The Hall–Kier alpha value is -0.640. The van der Waals surface area contributed by atoms with Gasteiger partial charge >= 0.3 is 0 Å². The van der Waals surface area contributed by atoms with Crippen molar-refractivity contribution in [3.63, 3.8) is 0 Å². The molecule has 88 valence electrons. The summed E-state index contributed by atoms with van der Waals surface area (Å²) in [7, 11) is 0. The molecule has 2 atom stereocenters. The van der Waals surface area contributed by atoms with Crippen LogP contribution in [0.2, 0.25) is 5.02 Å². The van der Waals surface area contributed by atoms with Crippen LogP contribution in [-0.4, -0.2) is 24.4 Å². The molecule has 2 nitrogen and oxygen atoms in total. The molecule has 1 aliphatic heterocycles. The maximum absolute atomic E-state index is 13.0. The summed E-state index contributed by atoms with van der Waals surface area (Å²) in [6.07, 6.45) is 0.723. The molecule has 0 aliphatic carbocycles. The number of aliphatic hydroxyl groups is 1. The van der Waals surface area contributed by atoms with E-state index < -0.39 is 6.10 Å². The average molecular weight is 245 g/mol. The molecule has 1 aromatic carbocycles. The molecule has 0 spiro atoms. The van der Waals surface area contributed by atoms with Crippen molar-refractivity contribution in [2.24, 2.45) is 5.92 Å². The van der Waals surface area contributed by atoms with Gasteiger partial charge < -0.3 is 9.84 Å². The third-order valence-electron chi connectivity index (χ3n) is 2.95. The Kier molecular flexibility index (Phi) is 3.79. The Morgan fingerprint density at radius 2 is 2.38 bits per heavy atom. The van der Waals surface area contributed by atoms with E-state index in [1.54, 1.807) is 0 Å². The van der Waals surface area contributed by atoms with E-state index in [1.165, 1.54) is 18.2 Å². The van der Waals surface area contributed by atoms with Crippen LogP contribution in [0.15, 0.2) is 18.2 Å². The molecule has 0 saturated carbocycles. The summed E-state index contributed by atoms with van der Waals surface area (Å²) in [6, 6.07) is 4.21. The number of rotatable bonds is 3. The highest BCUT2D eigenvalue weighted by atomic mass is 35.5. The van der Waals surface area contributed by atoms with Crippen molar-refractivity contribution in [3.8, 4) is 0 Å². The monoisotopic (exact) mass is 244 g/mol. The van der Waals surface area contributed by atoms with E-state index in [4.69, 9.17) is 16.3 Å². The summed E-state index contributed by atoms with van der Waals surface area (Å²) in [6.45, 7) is 1.27. The van der Waals surface area contributed by atoms with Gasteiger partial charge in [0.25, 0.3) is 0 Å². The van der Waals surface area contributed by atoms with Gasteiger partial charge in [-0.3, -0.25) is 0 Å². The van der Waals surface area contributed by atoms with E-state index in [2.05, 4.69) is 0 Å². The van der Waals surface area contributed by atoms with Crippen LogP contribution >= 0.6 is 11.6 Å².